The molecule has 1 heterocycles. The predicted molar refractivity (Wildman–Crippen MR) is 39.5 cm³/mol. The van der Waals surface area contributed by atoms with Gasteiger partial charge in [0.25, 0.3) is 0 Å². The second-order valence-corrected chi connectivity index (χ2v) is 2.95. The normalized spacial score (nSPS) is 43.0. The lowest BCUT2D eigenvalue weighted by Crippen LogP contribution is -2.50. The van der Waals surface area contributed by atoms with Crippen LogP contribution in [0, 0.1) is 0 Å². The second-order valence-electron chi connectivity index (χ2n) is 2.95. The van der Waals surface area contributed by atoms with Crippen molar-refractivity contribution in [3.8, 4) is 0 Å². The van der Waals surface area contributed by atoms with E-state index in [9.17, 15) is 10.2 Å². The molecule has 4 N–H and O–H groups in total. The fourth-order valence-electron chi connectivity index (χ4n) is 1.29. The van der Waals surface area contributed by atoms with Crippen LogP contribution < -0.4 is 0 Å². The number of aliphatic hydroxyl groups is 4. The Labute approximate surface area is 70.2 Å². The summed E-state index contributed by atoms with van der Waals surface area (Å²) in [5.41, 5.74) is 0. The van der Waals surface area contributed by atoms with Crippen LogP contribution in [-0.4, -0.2) is 58.1 Å². The minimum Gasteiger partial charge on any atom is -0.394 e. The van der Waals surface area contributed by atoms with Crippen molar-refractivity contribution >= 4 is 0 Å². The summed E-state index contributed by atoms with van der Waals surface area (Å²) in [5, 5.41) is 35.9. The Morgan fingerprint density at radius 1 is 1.00 bits per heavy atom. The van der Waals surface area contributed by atoms with Crippen molar-refractivity contribution in [2.45, 2.75) is 30.8 Å². The molecule has 0 bridgehead atoms. The lowest BCUT2D eigenvalue weighted by Gasteiger charge is -2.35. The Morgan fingerprint density at radius 3 is 1.75 bits per heavy atom. The van der Waals surface area contributed by atoms with Crippen LogP contribution >= 0.6 is 0 Å². The Kier molecular flexibility index (Phi) is 3.42. The Balaban J connectivity index is 2.50. The molecule has 0 aliphatic carbocycles. The van der Waals surface area contributed by atoms with Gasteiger partial charge in [0.05, 0.1) is 25.4 Å². The largest absolute Gasteiger partial charge is 0.394 e. The van der Waals surface area contributed by atoms with Crippen molar-refractivity contribution in [1.82, 2.24) is 0 Å². The molecule has 5 heteroatoms. The number of aliphatic hydroxyl groups excluding tert-OH is 4. The molecule has 1 aliphatic rings. The fraction of sp³-hybridized carbons (Fsp3) is 1.00. The van der Waals surface area contributed by atoms with Crippen molar-refractivity contribution in [3.63, 3.8) is 0 Å². The van der Waals surface area contributed by atoms with Crippen LogP contribution in [0.25, 0.3) is 0 Å². The molecule has 12 heavy (non-hydrogen) atoms. The van der Waals surface area contributed by atoms with E-state index in [0.29, 0.717) is 0 Å². The molecule has 0 aromatic carbocycles. The summed E-state index contributed by atoms with van der Waals surface area (Å²) in [6.45, 7) is -0.602. The van der Waals surface area contributed by atoms with Gasteiger partial charge in [0.15, 0.2) is 0 Å². The van der Waals surface area contributed by atoms with E-state index in [1.165, 1.54) is 0 Å². The molecule has 0 amide bonds. The second kappa shape index (κ2) is 4.15. The van der Waals surface area contributed by atoms with Crippen LogP contribution in [0.2, 0.25) is 0 Å². The molecule has 5 nitrogen and oxygen atoms in total. The van der Waals surface area contributed by atoms with Crippen LogP contribution in [0.3, 0.4) is 0 Å². The van der Waals surface area contributed by atoms with Crippen LogP contribution in [-0.2, 0) is 4.74 Å². The van der Waals surface area contributed by atoms with Gasteiger partial charge >= 0.3 is 0 Å². The first-order valence-corrected chi connectivity index (χ1v) is 3.92. The fourth-order valence-corrected chi connectivity index (χ4v) is 1.29. The molecular weight excluding hydrogens is 164 g/mol. The summed E-state index contributed by atoms with van der Waals surface area (Å²) in [7, 11) is 0. The summed E-state index contributed by atoms with van der Waals surface area (Å²) in [6.07, 6.45) is -2.95. The highest BCUT2D eigenvalue weighted by atomic mass is 16.5. The monoisotopic (exact) mass is 178 g/mol. The van der Waals surface area contributed by atoms with Crippen molar-refractivity contribution in [2.75, 3.05) is 13.2 Å². The van der Waals surface area contributed by atoms with Gasteiger partial charge in [-0.1, -0.05) is 0 Å². The average molecular weight is 178 g/mol. The molecule has 1 aliphatic heterocycles. The maximum absolute atomic E-state index is 9.23. The van der Waals surface area contributed by atoms with E-state index in [2.05, 4.69) is 0 Å². The van der Waals surface area contributed by atoms with Crippen LogP contribution in [0.1, 0.15) is 6.42 Å². The zero-order chi connectivity index (χ0) is 9.14. The van der Waals surface area contributed by atoms with Gasteiger partial charge in [-0.2, -0.15) is 0 Å². The highest BCUT2D eigenvalue weighted by molar-refractivity contribution is 4.83. The van der Waals surface area contributed by atoms with Gasteiger partial charge < -0.3 is 25.2 Å². The molecule has 4 atom stereocenters. The third-order valence-corrected chi connectivity index (χ3v) is 2.05. The first kappa shape index (κ1) is 9.88. The number of ether oxygens (including phenoxy) is 1. The minimum absolute atomic E-state index is 0.135. The molecular formula is C7H14O5. The molecule has 4 unspecified atom stereocenters. The Hall–Kier alpha value is -0.200. The van der Waals surface area contributed by atoms with E-state index in [-0.39, 0.29) is 19.6 Å². The number of rotatable bonds is 2. The zero-order valence-electron chi connectivity index (χ0n) is 6.63. The van der Waals surface area contributed by atoms with Gasteiger partial charge in [-0.3, -0.25) is 0 Å². The molecule has 0 aromatic heterocycles. The summed E-state index contributed by atoms with van der Waals surface area (Å²) < 4.78 is 5.01. The quantitative estimate of drug-likeness (QED) is 0.387. The van der Waals surface area contributed by atoms with Gasteiger partial charge in [-0.15, -0.1) is 0 Å². The maximum Gasteiger partial charge on any atom is 0.107 e. The first-order valence-electron chi connectivity index (χ1n) is 3.92. The third kappa shape index (κ3) is 1.94. The van der Waals surface area contributed by atoms with E-state index >= 15 is 0 Å². The predicted octanol–water partition coefficient (Wildman–Crippen LogP) is -2.15. The number of hydrogen-bond donors (Lipinski definition) is 4. The standard InChI is InChI=1S/C7H14O5/c8-2-6-4(10)1-5(11)7(3-9)12-6/h4-11H,1-3H2. The summed E-state index contributed by atoms with van der Waals surface area (Å²) >= 11 is 0. The molecule has 0 spiro atoms. The molecule has 0 aromatic rings. The van der Waals surface area contributed by atoms with E-state index in [1.54, 1.807) is 0 Å². The smallest absolute Gasteiger partial charge is 0.107 e. The highest BCUT2D eigenvalue weighted by Gasteiger charge is 2.35. The van der Waals surface area contributed by atoms with Crippen LogP contribution in [0.15, 0.2) is 0 Å². The first-order chi connectivity index (χ1) is 5.69. The highest BCUT2D eigenvalue weighted by Crippen LogP contribution is 2.19. The van der Waals surface area contributed by atoms with Crippen molar-refractivity contribution in [2.24, 2.45) is 0 Å². The third-order valence-electron chi connectivity index (χ3n) is 2.05. The summed E-state index contributed by atoms with van der Waals surface area (Å²) in [4.78, 5) is 0. The lowest BCUT2D eigenvalue weighted by atomic mass is 9.99. The van der Waals surface area contributed by atoms with Crippen LogP contribution in [0.5, 0.6) is 0 Å². The molecule has 0 radical (unpaired) electrons. The van der Waals surface area contributed by atoms with Crippen molar-refractivity contribution in [1.29, 1.82) is 0 Å². The van der Waals surface area contributed by atoms with Crippen molar-refractivity contribution < 1.29 is 25.2 Å². The van der Waals surface area contributed by atoms with E-state index in [1.807, 2.05) is 0 Å². The van der Waals surface area contributed by atoms with E-state index < -0.39 is 24.4 Å². The van der Waals surface area contributed by atoms with Crippen LogP contribution in [0.4, 0.5) is 0 Å². The molecule has 1 rings (SSSR count). The summed E-state index contributed by atoms with van der Waals surface area (Å²) in [5.74, 6) is 0. The zero-order valence-corrected chi connectivity index (χ0v) is 6.63. The van der Waals surface area contributed by atoms with Gasteiger partial charge in [-0.05, 0) is 0 Å². The Morgan fingerprint density at radius 2 is 1.42 bits per heavy atom. The van der Waals surface area contributed by atoms with Gasteiger partial charge in [0.1, 0.15) is 12.2 Å². The van der Waals surface area contributed by atoms with Crippen molar-refractivity contribution in [3.05, 3.63) is 0 Å². The average Bonchev–Trinajstić information content (AvgIpc) is 2.05. The molecule has 1 saturated heterocycles. The molecule has 72 valence electrons. The van der Waals surface area contributed by atoms with E-state index in [0.717, 1.165) is 0 Å². The summed E-state index contributed by atoms with van der Waals surface area (Å²) in [6, 6.07) is 0. The number of hydrogen-bond acceptors (Lipinski definition) is 5. The van der Waals surface area contributed by atoms with Gasteiger partial charge in [0.2, 0.25) is 0 Å². The SMILES string of the molecule is OCC1OC(CO)C(O)CC1O. The Bertz CT molecular complexity index is 126. The minimum atomic E-state index is -0.854. The lowest BCUT2D eigenvalue weighted by molar-refractivity contribution is -0.188. The van der Waals surface area contributed by atoms with E-state index in [4.69, 9.17) is 14.9 Å². The molecule has 1 fully saturated rings. The molecule has 0 saturated carbocycles. The van der Waals surface area contributed by atoms with Gasteiger partial charge in [-0.25, -0.2) is 0 Å². The topological polar surface area (TPSA) is 90.2 Å². The van der Waals surface area contributed by atoms with Gasteiger partial charge in [0, 0.05) is 6.42 Å². The maximum atomic E-state index is 9.23.